The molecule has 0 aliphatic carbocycles. The van der Waals surface area contributed by atoms with Gasteiger partial charge in [0.2, 0.25) is 0 Å². The summed E-state index contributed by atoms with van der Waals surface area (Å²) in [6.45, 7) is 3.83. The van der Waals surface area contributed by atoms with E-state index in [2.05, 4.69) is 0 Å². The van der Waals surface area contributed by atoms with Crippen LogP contribution in [0, 0.1) is 0 Å². The van der Waals surface area contributed by atoms with Crippen LogP contribution in [0.1, 0.15) is 35.3 Å². The molecule has 0 heterocycles. The fourth-order valence-electron chi connectivity index (χ4n) is 2.49. The van der Waals surface area contributed by atoms with Crippen LogP contribution >= 0.6 is 0 Å². The summed E-state index contributed by atoms with van der Waals surface area (Å²) in [6.07, 6.45) is 3.19. The van der Waals surface area contributed by atoms with Gasteiger partial charge in [-0.05, 0) is 20.3 Å². The number of rotatable bonds is 6. The Kier molecular flexibility index (Phi) is 6.07. The van der Waals surface area contributed by atoms with E-state index in [0.29, 0.717) is 17.5 Å². The number of methoxy groups -OCH3 is 1. The summed E-state index contributed by atoms with van der Waals surface area (Å²) in [5.41, 5.74) is 1.61. The molecule has 0 bridgehead atoms. The SMILES string of the molecule is COc1cc(O)c(C(=O)/C=C(/O)c2ccccc2)c(O)c1CC=C(C)C. The van der Waals surface area contributed by atoms with Crippen molar-refractivity contribution >= 4 is 11.5 Å². The van der Waals surface area contributed by atoms with E-state index >= 15 is 0 Å². The Morgan fingerprint density at radius 3 is 2.38 bits per heavy atom. The zero-order valence-electron chi connectivity index (χ0n) is 15.0. The Labute approximate surface area is 152 Å². The molecule has 2 rings (SSSR count). The van der Waals surface area contributed by atoms with Gasteiger partial charge in [0.15, 0.2) is 5.78 Å². The van der Waals surface area contributed by atoms with Gasteiger partial charge in [0.05, 0.1) is 7.11 Å². The van der Waals surface area contributed by atoms with Crippen LogP contribution in [0.25, 0.3) is 5.76 Å². The summed E-state index contributed by atoms with van der Waals surface area (Å²) < 4.78 is 5.20. The van der Waals surface area contributed by atoms with E-state index in [0.717, 1.165) is 11.6 Å². The van der Waals surface area contributed by atoms with Crippen LogP contribution in [0.4, 0.5) is 0 Å². The summed E-state index contributed by atoms with van der Waals surface area (Å²) >= 11 is 0. The second kappa shape index (κ2) is 8.25. The quantitative estimate of drug-likeness (QED) is 0.310. The molecule has 0 unspecified atom stereocenters. The average Bonchev–Trinajstić information content (AvgIpc) is 2.60. The first-order valence-corrected chi connectivity index (χ1v) is 8.10. The fourth-order valence-corrected chi connectivity index (χ4v) is 2.49. The van der Waals surface area contributed by atoms with Crippen LogP contribution in [0.3, 0.4) is 0 Å². The maximum Gasteiger partial charge on any atom is 0.197 e. The minimum Gasteiger partial charge on any atom is -0.507 e. The topological polar surface area (TPSA) is 87.0 Å². The number of hydrogen-bond donors (Lipinski definition) is 3. The van der Waals surface area contributed by atoms with E-state index in [-0.39, 0.29) is 22.8 Å². The van der Waals surface area contributed by atoms with Gasteiger partial charge in [0.1, 0.15) is 28.6 Å². The Balaban J connectivity index is 2.50. The average molecular weight is 354 g/mol. The molecule has 0 fully saturated rings. The molecule has 0 spiro atoms. The highest BCUT2D eigenvalue weighted by molar-refractivity contribution is 6.11. The van der Waals surface area contributed by atoms with Crippen molar-refractivity contribution in [1.82, 2.24) is 0 Å². The van der Waals surface area contributed by atoms with Crippen molar-refractivity contribution in [3.63, 3.8) is 0 Å². The summed E-state index contributed by atoms with van der Waals surface area (Å²) in [5, 5.41) is 30.8. The third-order valence-corrected chi connectivity index (χ3v) is 3.86. The predicted molar refractivity (Wildman–Crippen MR) is 101 cm³/mol. The molecule has 0 amide bonds. The molecule has 0 aromatic heterocycles. The number of phenols is 2. The molecule has 2 aromatic carbocycles. The number of ether oxygens (including phenoxy) is 1. The maximum atomic E-state index is 12.5. The molecule has 5 nitrogen and oxygen atoms in total. The van der Waals surface area contributed by atoms with E-state index in [9.17, 15) is 20.1 Å². The highest BCUT2D eigenvalue weighted by atomic mass is 16.5. The lowest BCUT2D eigenvalue weighted by atomic mass is 9.99. The number of carbonyl (C=O) groups excluding carboxylic acids is 1. The van der Waals surface area contributed by atoms with Gasteiger partial charge in [0, 0.05) is 23.3 Å². The monoisotopic (exact) mass is 354 g/mol. The Morgan fingerprint density at radius 1 is 1.15 bits per heavy atom. The van der Waals surface area contributed by atoms with E-state index in [1.165, 1.54) is 13.2 Å². The highest BCUT2D eigenvalue weighted by Gasteiger charge is 2.22. The van der Waals surface area contributed by atoms with Crippen molar-refractivity contribution in [2.45, 2.75) is 20.3 Å². The molecule has 0 radical (unpaired) electrons. The fraction of sp³-hybridized carbons (Fsp3) is 0.190. The molecule has 0 aliphatic rings. The van der Waals surface area contributed by atoms with Gasteiger partial charge >= 0.3 is 0 Å². The number of aromatic hydroxyl groups is 2. The summed E-state index contributed by atoms with van der Waals surface area (Å²) in [4.78, 5) is 12.5. The molecule has 26 heavy (non-hydrogen) atoms. The molecular formula is C21H22O5. The predicted octanol–water partition coefficient (Wildman–Crippen LogP) is 4.40. The molecule has 0 saturated heterocycles. The van der Waals surface area contributed by atoms with Gasteiger partial charge in [-0.1, -0.05) is 42.0 Å². The van der Waals surface area contributed by atoms with Crippen LogP contribution < -0.4 is 4.74 Å². The van der Waals surface area contributed by atoms with Crippen LogP contribution in [0.5, 0.6) is 17.2 Å². The molecule has 136 valence electrons. The zero-order valence-corrected chi connectivity index (χ0v) is 15.0. The normalized spacial score (nSPS) is 11.1. The molecular weight excluding hydrogens is 332 g/mol. The van der Waals surface area contributed by atoms with E-state index in [1.54, 1.807) is 30.3 Å². The number of ketones is 1. The lowest BCUT2D eigenvalue weighted by Gasteiger charge is -2.14. The standard InChI is InChI=1S/C21H22O5/c1-13(2)9-10-15-19(26-3)12-18(24)20(21(15)25)17(23)11-16(22)14-7-5-4-6-8-14/h4-9,11-12,22,24-25H,10H2,1-3H3/b16-11+. The van der Waals surface area contributed by atoms with Crippen molar-refractivity contribution in [2.75, 3.05) is 7.11 Å². The van der Waals surface area contributed by atoms with Gasteiger partial charge in [-0.3, -0.25) is 4.79 Å². The molecule has 0 atom stereocenters. The Morgan fingerprint density at radius 2 is 1.81 bits per heavy atom. The summed E-state index contributed by atoms with van der Waals surface area (Å²) in [7, 11) is 1.42. The third-order valence-electron chi connectivity index (χ3n) is 3.86. The van der Waals surface area contributed by atoms with Gasteiger partial charge in [-0.2, -0.15) is 0 Å². The number of phenolic OH excluding ortho intramolecular Hbond substituents is 2. The van der Waals surface area contributed by atoms with Gasteiger partial charge < -0.3 is 20.1 Å². The molecule has 3 N–H and O–H groups in total. The minimum atomic E-state index is -0.706. The zero-order chi connectivity index (χ0) is 19.3. The first kappa shape index (κ1) is 19.1. The molecule has 2 aromatic rings. The van der Waals surface area contributed by atoms with Crippen molar-refractivity contribution in [3.8, 4) is 17.2 Å². The first-order chi connectivity index (χ1) is 12.3. The lowest BCUT2D eigenvalue weighted by molar-refractivity contribution is 0.104. The number of aliphatic hydroxyl groups excluding tert-OH is 1. The Hall–Kier alpha value is -3.21. The largest absolute Gasteiger partial charge is 0.507 e. The second-order valence-corrected chi connectivity index (χ2v) is 6.05. The van der Waals surface area contributed by atoms with E-state index in [1.807, 2.05) is 19.9 Å². The smallest absolute Gasteiger partial charge is 0.197 e. The maximum absolute atomic E-state index is 12.5. The van der Waals surface area contributed by atoms with Gasteiger partial charge in [-0.25, -0.2) is 0 Å². The van der Waals surface area contributed by atoms with E-state index < -0.39 is 11.5 Å². The van der Waals surface area contributed by atoms with Crippen LogP contribution in [0.2, 0.25) is 0 Å². The lowest BCUT2D eigenvalue weighted by Crippen LogP contribution is -2.02. The molecule has 0 aliphatic heterocycles. The van der Waals surface area contributed by atoms with Crippen molar-refractivity contribution < 1.29 is 24.9 Å². The van der Waals surface area contributed by atoms with Crippen molar-refractivity contribution in [1.29, 1.82) is 0 Å². The van der Waals surface area contributed by atoms with Crippen molar-refractivity contribution in [2.24, 2.45) is 0 Å². The number of benzene rings is 2. The number of carbonyl (C=O) groups is 1. The summed E-state index contributed by atoms with van der Waals surface area (Å²) in [6, 6.07) is 9.82. The number of allylic oxidation sites excluding steroid dienone is 3. The minimum absolute atomic E-state index is 0.254. The summed E-state index contributed by atoms with van der Waals surface area (Å²) in [5.74, 6) is -1.45. The van der Waals surface area contributed by atoms with Crippen LogP contribution in [-0.2, 0) is 6.42 Å². The molecule has 0 saturated carbocycles. The van der Waals surface area contributed by atoms with Crippen LogP contribution in [0.15, 0.2) is 54.1 Å². The van der Waals surface area contributed by atoms with Crippen molar-refractivity contribution in [3.05, 3.63) is 70.8 Å². The second-order valence-electron chi connectivity index (χ2n) is 6.05. The van der Waals surface area contributed by atoms with Gasteiger partial charge in [-0.15, -0.1) is 0 Å². The number of aliphatic hydroxyl groups is 1. The number of hydrogen-bond acceptors (Lipinski definition) is 5. The highest BCUT2D eigenvalue weighted by Crippen LogP contribution is 2.39. The van der Waals surface area contributed by atoms with Gasteiger partial charge in [0.25, 0.3) is 0 Å². The third kappa shape index (κ3) is 4.25. The van der Waals surface area contributed by atoms with Crippen LogP contribution in [-0.4, -0.2) is 28.2 Å². The van der Waals surface area contributed by atoms with E-state index in [4.69, 9.17) is 4.74 Å². The Bertz CT molecular complexity index is 860. The molecule has 5 heteroatoms. The first-order valence-electron chi connectivity index (χ1n) is 8.10.